The smallest absolute Gasteiger partial charge is 0.0931 e. The van der Waals surface area contributed by atoms with E-state index in [2.05, 4.69) is 31.7 Å². The number of nitrogens with zero attached hydrogens (tertiary/aromatic N) is 1. The first-order valence-electron chi connectivity index (χ1n) is 6.27. The lowest BCUT2D eigenvalue weighted by Crippen LogP contribution is -2.52. The summed E-state index contributed by atoms with van der Waals surface area (Å²) in [5.41, 5.74) is 6.13. The SMILES string of the molecule is CC1C(N)CCN(C(C)c2ccc(Cl)s2)C1C. The molecule has 0 radical (unpaired) electrons. The summed E-state index contributed by atoms with van der Waals surface area (Å²) in [5, 5.41) is 0. The molecule has 4 heteroatoms. The van der Waals surface area contributed by atoms with E-state index in [1.165, 1.54) is 4.88 Å². The van der Waals surface area contributed by atoms with Crippen LogP contribution in [0.5, 0.6) is 0 Å². The van der Waals surface area contributed by atoms with Gasteiger partial charge >= 0.3 is 0 Å². The predicted molar refractivity (Wildman–Crippen MR) is 75.7 cm³/mol. The van der Waals surface area contributed by atoms with Gasteiger partial charge in [-0.3, -0.25) is 4.90 Å². The highest BCUT2D eigenvalue weighted by atomic mass is 35.5. The van der Waals surface area contributed by atoms with E-state index in [-0.39, 0.29) is 0 Å². The number of halogens is 1. The molecule has 1 saturated heterocycles. The first-order valence-corrected chi connectivity index (χ1v) is 7.46. The largest absolute Gasteiger partial charge is 0.327 e. The van der Waals surface area contributed by atoms with Crippen LogP contribution in [-0.4, -0.2) is 23.5 Å². The third-order valence-corrected chi connectivity index (χ3v) is 5.58. The van der Waals surface area contributed by atoms with Crippen LogP contribution in [0.15, 0.2) is 12.1 Å². The molecule has 17 heavy (non-hydrogen) atoms. The lowest BCUT2D eigenvalue weighted by Gasteiger charge is -2.44. The quantitative estimate of drug-likeness (QED) is 0.893. The van der Waals surface area contributed by atoms with E-state index < -0.39 is 0 Å². The van der Waals surface area contributed by atoms with E-state index in [1.807, 2.05) is 6.07 Å². The van der Waals surface area contributed by atoms with E-state index in [9.17, 15) is 0 Å². The summed E-state index contributed by atoms with van der Waals surface area (Å²) in [6.45, 7) is 7.90. The Morgan fingerprint density at radius 2 is 2.18 bits per heavy atom. The number of thiophene rings is 1. The van der Waals surface area contributed by atoms with Crippen molar-refractivity contribution in [2.24, 2.45) is 11.7 Å². The fraction of sp³-hybridized carbons (Fsp3) is 0.692. The second-order valence-corrected chi connectivity index (χ2v) is 6.85. The summed E-state index contributed by atoms with van der Waals surface area (Å²) in [6.07, 6.45) is 1.09. The molecule has 1 aromatic heterocycles. The van der Waals surface area contributed by atoms with Gasteiger partial charge in [0.1, 0.15) is 0 Å². The van der Waals surface area contributed by atoms with Crippen LogP contribution in [0.3, 0.4) is 0 Å². The maximum atomic E-state index is 6.13. The van der Waals surface area contributed by atoms with Crippen LogP contribution in [0.25, 0.3) is 0 Å². The van der Waals surface area contributed by atoms with Crippen molar-refractivity contribution in [3.63, 3.8) is 0 Å². The average Bonchev–Trinajstić information content (AvgIpc) is 2.72. The van der Waals surface area contributed by atoms with Crippen molar-refractivity contribution >= 4 is 22.9 Å². The molecule has 1 aromatic rings. The van der Waals surface area contributed by atoms with Crippen LogP contribution in [0.4, 0.5) is 0 Å². The zero-order chi connectivity index (χ0) is 12.6. The molecule has 0 amide bonds. The summed E-state index contributed by atoms with van der Waals surface area (Å²) < 4.78 is 0.876. The number of likely N-dealkylation sites (tertiary alicyclic amines) is 1. The van der Waals surface area contributed by atoms with Gasteiger partial charge < -0.3 is 5.73 Å². The summed E-state index contributed by atoms with van der Waals surface area (Å²) in [4.78, 5) is 3.90. The third-order valence-electron chi connectivity index (χ3n) is 4.18. The summed E-state index contributed by atoms with van der Waals surface area (Å²) in [7, 11) is 0. The molecule has 96 valence electrons. The summed E-state index contributed by atoms with van der Waals surface area (Å²) in [6, 6.07) is 5.46. The van der Waals surface area contributed by atoms with Gasteiger partial charge in [-0.25, -0.2) is 0 Å². The molecular weight excluding hydrogens is 252 g/mol. The van der Waals surface area contributed by atoms with Crippen molar-refractivity contribution in [3.8, 4) is 0 Å². The molecule has 0 aliphatic carbocycles. The van der Waals surface area contributed by atoms with Crippen LogP contribution >= 0.6 is 22.9 Å². The molecule has 0 spiro atoms. The van der Waals surface area contributed by atoms with Crippen molar-refractivity contribution in [2.75, 3.05) is 6.54 Å². The Balaban J connectivity index is 2.12. The molecule has 2 heterocycles. The monoisotopic (exact) mass is 272 g/mol. The maximum absolute atomic E-state index is 6.13. The number of nitrogens with two attached hydrogens (primary N) is 1. The van der Waals surface area contributed by atoms with Gasteiger partial charge in [-0.05, 0) is 38.3 Å². The lowest BCUT2D eigenvalue weighted by molar-refractivity contribution is 0.0640. The zero-order valence-corrected chi connectivity index (χ0v) is 12.3. The van der Waals surface area contributed by atoms with Gasteiger partial charge in [-0.15, -0.1) is 11.3 Å². The van der Waals surface area contributed by atoms with Crippen LogP contribution in [-0.2, 0) is 0 Å². The van der Waals surface area contributed by atoms with Gasteiger partial charge in [0.2, 0.25) is 0 Å². The van der Waals surface area contributed by atoms with E-state index in [0.717, 1.165) is 17.3 Å². The highest BCUT2D eigenvalue weighted by Crippen LogP contribution is 2.35. The van der Waals surface area contributed by atoms with Crippen LogP contribution in [0.2, 0.25) is 4.34 Å². The fourth-order valence-corrected chi connectivity index (χ4v) is 3.82. The van der Waals surface area contributed by atoms with Gasteiger partial charge in [0.25, 0.3) is 0 Å². The third kappa shape index (κ3) is 2.68. The van der Waals surface area contributed by atoms with Crippen molar-refractivity contribution in [2.45, 2.75) is 45.3 Å². The van der Waals surface area contributed by atoms with Crippen molar-refractivity contribution in [3.05, 3.63) is 21.3 Å². The summed E-state index contributed by atoms with van der Waals surface area (Å²) >= 11 is 7.70. The second kappa shape index (κ2) is 5.27. The highest BCUT2D eigenvalue weighted by molar-refractivity contribution is 7.16. The molecular formula is C13H21ClN2S. The predicted octanol–water partition coefficient (Wildman–Crippen LogP) is 3.52. The zero-order valence-electron chi connectivity index (χ0n) is 10.7. The topological polar surface area (TPSA) is 29.3 Å². The maximum Gasteiger partial charge on any atom is 0.0931 e. The summed E-state index contributed by atoms with van der Waals surface area (Å²) in [5.74, 6) is 0.557. The van der Waals surface area contributed by atoms with Gasteiger partial charge in [0.15, 0.2) is 0 Å². The molecule has 0 bridgehead atoms. The van der Waals surface area contributed by atoms with E-state index in [0.29, 0.717) is 24.0 Å². The molecule has 4 unspecified atom stereocenters. The Hall–Kier alpha value is -0.0900. The first-order chi connectivity index (χ1) is 8.00. The number of piperidine rings is 1. The Morgan fingerprint density at radius 1 is 1.47 bits per heavy atom. The Labute approximate surface area is 113 Å². The standard InChI is InChI=1S/C13H21ClN2S/c1-8-9(2)16(7-6-11(8)15)10(3)12-4-5-13(14)17-12/h4-5,8-11H,6-7,15H2,1-3H3. The first kappa shape index (κ1) is 13.3. The fourth-order valence-electron chi connectivity index (χ4n) is 2.69. The number of rotatable bonds is 2. The van der Waals surface area contributed by atoms with Gasteiger partial charge in [-0.1, -0.05) is 18.5 Å². The molecule has 2 rings (SSSR count). The molecule has 2 nitrogen and oxygen atoms in total. The molecule has 2 N–H and O–H groups in total. The minimum atomic E-state index is 0.348. The number of hydrogen-bond acceptors (Lipinski definition) is 3. The average molecular weight is 273 g/mol. The molecule has 4 atom stereocenters. The minimum absolute atomic E-state index is 0.348. The van der Waals surface area contributed by atoms with Gasteiger partial charge in [0, 0.05) is 29.5 Å². The highest BCUT2D eigenvalue weighted by Gasteiger charge is 2.33. The van der Waals surface area contributed by atoms with Crippen LogP contribution < -0.4 is 5.73 Å². The van der Waals surface area contributed by atoms with E-state index >= 15 is 0 Å². The normalized spacial score (nSPS) is 32.6. The van der Waals surface area contributed by atoms with Gasteiger partial charge in [0.05, 0.1) is 4.34 Å². The molecule has 0 aromatic carbocycles. The van der Waals surface area contributed by atoms with Crippen molar-refractivity contribution < 1.29 is 0 Å². The Morgan fingerprint density at radius 3 is 2.76 bits per heavy atom. The number of hydrogen-bond donors (Lipinski definition) is 1. The lowest BCUT2D eigenvalue weighted by atomic mass is 9.86. The molecule has 0 saturated carbocycles. The van der Waals surface area contributed by atoms with E-state index in [4.69, 9.17) is 17.3 Å². The minimum Gasteiger partial charge on any atom is -0.327 e. The van der Waals surface area contributed by atoms with Crippen LogP contribution in [0, 0.1) is 5.92 Å². The Bertz CT molecular complexity index is 379. The van der Waals surface area contributed by atoms with E-state index in [1.54, 1.807) is 11.3 Å². The van der Waals surface area contributed by atoms with Crippen molar-refractivity contribution in [1.82, 2.24) is 4.90 Å². The molecule has 1 fully saturated rings. The van der Waals surface area contributed by atoms with Crippen LogP contribution in [0.1, 0.15) is 38.1 Å². The molecule has 1 aliphatic rings. The van der Waals surface area contributed by atoms with Gasteiger partial charge in [-0.2, -0.15) is 0 Å². The Kier molecular flexibility index (Phi) is 4.14. The molecule has 1 aliphatic heterocycles. The second-order valence-electron chi connectivity index (χ2n) is 5.11. The van der Waals surface area contributed by atoms with Crippen molar-refractivity contribution in [1.29, 1.82) is 0 Å².